The largest absolute Gasteiger partial charge is 0.497 e. The van der Waals surface area contributed by atoms with Crippen molar-refractivity contribution in [1.29, 1.82) is 0 Å². The Morgan fingerprint density at radius 3 is 2.70 bits per heavy atom. The Morgan fingerprint density at radius 2 is 2.04 bits per heavy atom. The zero-order valence-electron chi connectivity index (χ0n) is 15.0. The van der Waals surface area contributed by atoms with Crippen LogP contribution in [0.15, 0.2) is 52.2 Å². The molecule has 0 unspecified atom stereocenters. The van der Waals surface area contributed by atoms with Gasteiger partial charge in [-0.1, -0.05) is 11.8 Å². The molecule has 1 N–H and O–H groups in total. The van der Waals surface area contributed by atoms with Gasteiger partial charge in [0.05, 0.1) is 32.3 Å². The number of hydrogen-bond donors (Lipinski definition) is 1. The first kappa shape index (κ1) is 19.0. The standard InChI is InChI=1S/C18H20N4O4S/c1-24-11-9-22-17(15-4-3-10-26-15)20-21-18(22)27-12-16(23)19-13-5-7-14(25-2)8-6-13/h3-8,10H,9,11-12H2,1-2H3,(H,19,23). The van der Waals surface area contributed by atoms with Crippen LogP contribution in [0.2, 0.25) is 0 Å². The fourth-order valence-corrected chi connectivity index (χ4v) is 3.13. The highest BCUT2D eigenvalue weighted by atomic mass is 32.2. The van der Waals surface area contributed by atoms with Crippen molar-refractivity contribution in [3.8, 4) is 17.3 Å². The third-order valence-corrected chi connectivity index (χ3v) is 4.65. The van der Waals surface area contributed by atoms with Gasteiger partial charge < -0.3 is 19.2 Å². The Balaban J connectivity index is 1.64. The molecule has 2 heterocycles. The Morgan fingerprint density at radius 1 is 1.22 bits per heavy atom. The molecule has 8 nitrogen and oxygen atoms in total. The van der Waals surface area contributed by atoms with Crippen molar-refractivity contribution in [3.05, 3.63) is 42.7 Å². The lowest BCUT2D eigenvalue weighted by Crippen LogP contribution is -2.15. The molecule has 1 aromatic carbocycles. The monoisotopic (exact) mass is 388 g/mol. The van der Waals surface area contributed by atoms with Crippen molar-refractivity contribution in [2.45, 2.75) is 11.7 Å². The molecule has 9 heteroatoms. The van der Waals surface area contributed by atoms with Crippen LogP contribution in [0.25, 0.3) is 11.6 Å². The molecule has 0 aliphatic heterocycles. The third kappa shape index (κ3) is 4.89. The van der Waals surface area contributed by atoms with Crippen LogP contribution in [0.5, 0.6) is 5.75 Å². The molecule has 0 saturated heterocycles. The van der Waals surface area contributed by atoms with E-state index in [1.165, 1.54) is 11.8 Å². The van der Waals surface area contributed by atoms with Crippen molar-refractivity contribution < 1.29 is 18.7 Å². The number of aromatic nitrogens is 3. The second-order valence-electron chi connectivity index (χ2n) is 5.49. The molecule has 0 fully saturated rings. The smallest absolute Gasteiger partial charge is 0.234 e. The van der Waals surface area contributed by atoms with Crippen molar-refractivity contribution in [2.75, 3.05) is 31.9 Å². The minimum atomic E-state index is -0.133. The van der Waals surface area contributed by atoms with Crippen LogP contribution >= 0.6 is 11.8 Å². The van der Waals surface area contributed by atoms with Crippen LogP contribution < -0.4 is 10.1 Å². The maximum atomic E-state index is 12.2. The summed E-state index contributed by atoms with van der Waals surface area (Å²) in [6.07, 6.45) is 1.58. The lowest BCUT2D eigenvalue weighted by atomic mass is 10.3. The molecule has 2 aromatic heterocycles. The minimum Gasteiger partial charge on any atom is -0.497 e. The second kappa shape index (κ2) is 9.24. The Kier molecular flexibility index (Phi) is 6.50. The fraction of sp³-hybridized carbons (Fsp3) is 0.278. The number of methoxy groups -OCH3 is 2. The number of thioether (sulfide) groups is 1. The van der Waals surface area contributed by atoms with E-state index >= 15 is 0 Å². The van der Waals surface area contributed by atoms with E-state index in [-0.39, 0.29) is 11.7 Å². The molecule has 142 valence electrons. The van der Waals surface area contributed by atoms with Gasteiger partial charge in [-0.2, -0.15) is 0 Å². The predicted molar refractivity (Wildman–Crippen MR) is 102 cm³/mol. The third-order valence-electron chi connectivity index (χ3n) is 3.68. The van der Waals surface area contributed by atoms with Gasteiger partial charge in [-0.3, -0.25) is 9.36 Å². The van der Waals surface area contributed by atoms with Crippen molar-refractivity contribution in [3.63, 3.8) is 0 Å². The Bertz CT molecular complexity index is 862. The highest BCUT2D eigenvalue weighted by molar-refractivity contribution is 7.99. The van der Waals surface area contributed by atoms with Gasteiger partial charge in [0.2, 0.25) is 11.7 Å². The van der Waals surface area contributed by atoms with Gasteiger partial charge in [0, 0.05) is 12.8 Å². The number of ether oxygens (including phenoxy) is 2. The van der Waals surface area contributed by atoms with Gasteiger partial charge >= 0.3 is 0 Å². The first-order valence-electron chi connectivity index (χ1n) is 8.24. The number of nitrogens with one attached hydrogen (secondary N) is 1. The van der Waals surface area contributed by atoms with Gasteiger partial charge in [-0.25, -0.2) is 0 Å². The first-order chi connectivity index (χ1) is 13.2. The molecule has 0 saturated carbocycles. The zero-order chi connectivity index (χ0) is 19.1. The number of anilines is 1. The number of nitrogens with zero attached hydrogens (tertiary/aromatic N) is 3. The Labute approximate surface area is 160 Å². The molecule has 0 aliphatic rings. The molecule has 1 amide bonds. The topological polar surface area (TPSA) is 91.4 Å². The summed E-state index contributed by atoms with van der Waals surface area (Å²) in [5, 5.41) is 11.9. The van der Waals surface area contributed by atoms with Crippen molar-refractivity contribution in [2.24, 2.45) is 0 Å². The quantitative estimate of drug-likeness (QED) is 0.564. The van der Waals surface area contributed by atoms with Gasteiger partial charge in [-0.15, -0.1) is 10.2 Å². The number of carbonyl (C=O) groups excluding carboxylic acids is 1. The van der Waals surface area contributed by atoms with E-state index in [0.29, 0.717) is 35.6 Å². The van der Waals surface area contributed by atoms with Crippen LogP contribution in [0, 0.1) is 0 Å². The summed E-state index contributed by atoms with van der Waals surface area (Å²) in [5.74, 6) is 2.03. The normalized spacial score (nSPS) is 10.7. The summed E-state index contributed by atoms with van der Waals surface area (Å²) in [6.45, 7) is 1.05. The van der Waals surface area contributed by atoms with Gasteiger partial charge in [0.25, 0.3) is 0 Å². The van der Waals surface area contributed by atoms with E-state index in [4.69, 9.17) is 13.9 Å². The van der Waals surface area contributed by atoms with E-state index in [9.17, 15) is 4.79 Å². The highest BCUT2D eigenvalue weighted by Crippen LogP contribution is 2.24. The molecule has 3 rings (SSSR count). The fourth-order valence-electron chi connectivity index (χ4n) is 2.37. The van der Waals surface area contributed by atoms with Crippen LogP contribution in [0.3, 0.4) is 0 Å². The molecular weight excluding hydrogens is 368 g/mol. The summed E-state index contributed by atoms with van der Waals surface area (Å²) >= 11 is 1.31. The zero-order valence-corrected chi connectivity index (χ0v) is 15.9. The van der Waals surface area contributed by atoms with Crippen LogP contribution in [0.1, 0.15) is 0 Å². The van der Waals surface area contributed by atoms with Crippen LogP contribution in [0.4, 0.5) is 5.69 Å². The molecular formula is C18H20N4O4S. The summed E-state index contributed by atoms with van der Waals surface area (Å²) in [5.41, 5.74) is 0.707. The molecule has 0 radical (unpaired) electrons. The average Bonchev–Trinajstić information content (AvgIpc) is 3.34. The Hall–Kier alpha value is -2.78. The van der Waals surface area contributed by atoms with Crippen molar-refractivity contribution in [1.82, 2.24) is 14.8 Å². The minimum absolute atomic E-state index is 0.133. The second-order valence-corrected chi connectivity index (χ2v) is 6.44. The summed E-state index contributed by atoms with van der Waals surface area (Å²) in [4.78, 5) is 12.2. The van der Waals surface area contributed by atoms with Gasteiger partial charge in [0.1, 0.15) is 5.75 Å². The molecule has 3 aromatic rings. The van der Waals surface area contributed by atoms with E-state index in [1.807, 2.05) is 10.6 Å². The number of amides is 1. The number of rotatable bonds is 9. The summed E-state index contributed by atoms with van der Waals surface area (Å²) < 4.78 is 17.6. The lowest BCUT2D eigenvalue weighted by Gasteiger charge is -2.09. The molecule has 27 heavy (non-hydrogen) atoms. The molecule has 0 aliphatic carbocycles. The number of furan rings is 1. The van der Waals surface area contributed by atoms with E-state index in [0.717, 1.165) is 5.75 Å². The summed E-state index contributed by atoms with van der Waals surface area (Å²) in [6, 6.07) is 10.8. The molecule has 0 spiro atoms. The molecule has 0 atom stereocenters. The van der Waals surface area contributed by atoms with E-state index < -0.39 is 0 Å². The highest BCUT2D eigenvalue weighted by Gasteiger charge is 2.17. The lowest BCUT2D eigenvalue weighted by molar-refractivity contribution is -0.113. The van der Waals surface area contributed by atoms with E-state index in [1.54, 1.807) is 50.8 Å². The van der Waals surface area contributed by atoms with Crippen LogP contribution in [-0.4, -0.2) is 47.3 Å². The van der Waals surface area contributed by atoms with Crippen molar-refractivity contribution >= 4 is 23.4 Å². The molecule has 0 bridgehead atoms. The predicted octanol–water partition coefficient (Wildman–Crippen LogP) is 2.92. The van der Waals surface area contributed by atoms with Gasteiger partial charge in [-0.05, 0) is 36.4 Å². The van der Waals surface area contributed by atoms with Gasteiger partial charge in [0.15, 0.2) is 10.9 Å². The number of benzene rings is 1. The SMILES string of the molecule is COCCn1c(SCC(=O)Nc2ccc(OC)cc2)nnc1-c1ccco1. The average molecular weight is 388 g/mol. The first-order valence-corrected chi connectivity index (χ1v) is 9.22. The maximum Gasteiger partial charge on any atom is 0.234 e. The van der Waals surface area contributed by atoms with E-state index in [2.05, 4.69) is 15.5 Å². The number of carbonyl (C=O) groups is 1. The number of hydrogen-bond acceptors (Lipinski definition) is 7. The summed E-state index contributed by atoms with van der Waals surface area (Å²) in [7, 11) is 3.23. The van der Waals surface area contributed by atoms with Crippen LogP contribution in [-0.2, 0) is 16.1 Å². The maximum absolute atomic E-state index is 12.2.